The van der Waals surface area contributed by atoms with Gasteiger partial charge in [-0.25, -0.2) is 14.5 Å². The van der Waals surface area contributed by atoms with Gasteiger partial charge in [0, 0.05) is 7.05 Å². The average molecular weight is 496 g/mol. The van der Waals surface area contributed by atoms with Crippen molar-refractivity contribution in [2.45, 2.75) is 24.8 Å². The molecule has 1 saturated carbocycles. The van der Waals surface area contributed by atoms with Crippen LogP contribution in [0.15, 0.2) is 30.6 Å². The van der Waals surface area contributed by atoms with Crippen LogP contribution in [0.2, 0.25) is 0 Å². The molecule has 3 aromatic rings. The van der Waals surface area contributed by atoms with Crippen LogP contribution in [0.3, 0.4) is 0 Å². The SMILES string of the molecule is CNC(=O)c1nnc(C2(C(N)=O)CC2)cc1Nc1cccc(-c2ncn(CCOC(N)=O)n2)c1OC. The topological polar surface area (TPSA) is 202 Å². The Labute approximate surface area is 205 Å². The third-order valence-electron chi connectivity index (χ3n) is 5.78. The lowest BCUT2D eigenvalue weighted by molar-refractivity contribution is -0.120. The molecule has 0 bridgehead atoms. The van der Waals surface area contributed by atoms with Crippen molar-refractivity contribution >= 4 is 29.3 Å². The first-order valence-electron chi connectivity index (χ1n) is 11.0. The lowest BCUT2D eigenvalue weighted by atomic mass is 10.0. The highest BCUT2D eigenvalue weighted by Gasteiger charge is 2.52. The number of para-hydroxylation sites is 1. The summed E-state index contributed by atoms with van der Waals surface area (Å²) in [5, 5.41) is 18.3. The Morgan fingerprint density at radius 3 is 2.58 bits per heavy atom. The van der Waals surface area contributed by atoms with E-state index in [1.54, 1.807) is 24.3 Å². The van der Waals surface area contributed by atoms with Gasteiger partial charge in [0.1, 0.15) is 12.9 Å². The first kappa shape index (κ1) is 24.4. The normalized spacial score (nSPS) is 13.5. The van der Waals surface area contributed by atoms with Crippen LogP contribution < -0.4 is 26.8 Å². The zero-order valence-corrected chi connectivity index (χ0v) is 19.6. The number of primary amides is 2. The second kappa shape index (κ2) is 9.85. The van der Waals surface area contributed by atoms with E-state index in [-0.39, 0.29) is 18.8 Å². The smallest absolute Gasteiger partial charge is 0.404 e. The molecule has 0 unspecified atom stereocenters. The van der Waals surface area contributed by atoms with Crippen LogP contribution in [0.25, 0.3) is 11.4 Å². The minimum Gasteiger partial charge on any atom is -0.494 e. The summed E-state index contributed by atoms with van der Waals surface area (Å²) in [6, 6.07) is 6.88. The molecule has 6 N–H and O–H groups in total. The van der Waals surface area contributed by atoms with E-state index in [4.69, 9.17) is 20.9 Å². The number of nitrogens with zero attached hydrogens (tertiary/aromatic N) is 5. The molecule has 4 rings (SSSR count). The fraction of sp³-hybridized carbons (Fsp3) is 0.318. The van der Waals surface area contributed by atoms with Crippen LogP contribution in [-0.2, 0) is 21.5 Å². The van der Waals surface area contributed by atoms with Crippen molar-refractivity contribution in [3.8, 4) is 17.1 Å². The number of aromatic nitrogens is 5. The van der Waals surface area contributed by atoms with E-state index in [2.05, 4.69) is 30.9 Å². The third kappa shape index (κ3) is 4.73. The predicted molar refractivity (Wildman–Crippen MR) is 126 cm³/mol. The molecule has 1 fully saturated rings. The van der Waals surface area contributed by atoms with Crippen LogP contribution in [0.4, 0.5) is 16.2 Å². The summed E-state index contributed by atoms with van der Waals surface area (Å²) in [4.78, 5) is 39.6. The monoisotopic (exact) mass is 495 g/mol. The third-order valence-corrected chi connectivity index (χ3v) is 5.78. The molecule has 14 nitrogen and oxygen atoms in total. The van der Waals surface area contributed by atoms with E-state index in [0.29, 0.717) is 47.0 Å². The Balaban J connectivity index is 1.68. The van der Waals surface area contributed by atoms with Gasteiger partial charge in [-0.3, -0.25) is 9.59 Å². The van der Waals surface area contributed by atoms with E-state index >= 15 is 0 Å². The molecule has 1 aromatic carbocycles. The maximum absolute atomic E-state index is 12.5. The van der Waals surface area contributed by atoms with Gasteiger partial charge < -0.3 is 31.6 Å². The van der Waals surface area contributed by atoms with Crippen molar-refractivity contribution in [1.29, 1.82) is 0 Å². The minimum atomic E-state index is -0.883. The van der Waals surface area contributed by atoms with Gasteiger partial charge >= 0.3 is 6.09 Å². The number of nitrogens with two attached hydrogens (primary N) is 2. The molecule has 3 amide bonds. The first-order valence-corrected chi connectivity index (χ1v) is 11.0. The zero-order valence-electron chi connectivity index (χ0n) is 19.6. The Kier molecular flexibility index (Phi) is 6.67. The van der Waals surface area contributed by atoms with Crippen LogP contribution in [-0.4, -0.2) is 63.6 Å². The first-order chi connectivity index (χ1) is 17.3. The Morgan fingerprint density at radius 1 is 1.17 bits per heavy atom. The summed E-state index contributed by atoms with van der Waals surface area (Å²) in [5.74, 6) is -0.187. The average Bonchev–Trinajstić information content (AvgIpc) is 3.56. The Hall–Kier alpha value is -4.75. The number of benzene rings is 1. The molecule has 0 radical (unpaired) electrons. The molecule has 2 aromatic heterocycles. The van der Waals surface area contributed by atoms with Crippen molar-refractivity contribution in [2.75, 3.05) is 26.1 Å². The highest BCUT2D eigenvalue weighted by atomic mass is 16.5. The highest BCUT2D eigenvalue weighted by molar-refractivity contribution is 5.99. The maximum Gasteiger partial charge on any atom is 0.404 e. The number of methoxy groups -OCH3 is 1. The maximum atomic E-state index is 12.5. The zero-order chi connectivity index (χ0) is 25.9. The fourth-order valence-electron chi connectivity index (χ4n) is 3.70. The lowest BCUT2D eigenvalue weighted by Gasteiger charge is -2.17. The van der Waals surface area contributed by atoms with Gasteiger partial charge in [0.15, 0.2) is 17.3 Å². The molecular weight excluding hydrogens is 470 g/mol. The summed E-state index contributed by atoms with van der Waals surface area (Å²) in [6.45, 7) is 0.308. The van der Waals surface area contributed by atoms with Crippen LogP contribution in [0.1, 0.15) is 29.0 Å². The van der Waals surface area contributed by atoms with Crippen molar-refractivity contribution in [1.82, 2.24) is 30.3 Å². The van der Waals surface area contributed by atoms with Crippen molar-refractivity contribution in [2.24, 2.45) is 11.5 Å². The standard InChI is InChI=1S/C22H25N9O5/c1-25-19(32)16-14(10-15(28-29-16)22(6-7-22)20(23)33)27-13-5-3-4-12(17(13)35-2)18-26-11-31(30-18)8-9-36-21(24)34/h3-5,10-11H,6-9H2,1-2H3,(H2,23,33)(H2,24,34)(H,25,32)(H,27,28). The number of carbonyl (C=O) groups is 3. The molecule has 2 heterocycles. The molecule has 0 aliphatic heterocycles. The summed E-state index contributed by atoms with van der Waals surface area (Å²) in [6.07, 6.45) is 1.74. The van der Waals surface area contributed by atoms with Crippen LogP contribution in [0.5, 0.6) is 5.75 Å². The number of nitrogens with one attached hydrogen (secondary N) is 2. The van der Waals surface area contributed by atoms with Gasteiger partial charge in [-0.15, -0.1) is 5.10 Å². The molecule has 1 aliphatic rings. The molecule has 1 aliphatic carbocycles. The molecule has 0 atom stereocenters. The molecule has 14 heteroatoms. The number of ether oxygens (including phenoxy) is 2. The van der Waals surface area contributed by atoms with Crippen molar-refractivity contribution in [3.63, 3.8) is 0 Å². The summed E-state index contributed by atoms with van der Waals surface area (Å²) < 4.78 is 11.9. The van der Waals surface area contributed by atoms with E-state index in [9.17, 15) is 14.4 Å². The molecule has 36 heavy (non-hydrogen) atoms. The number of hydrogen-bond donors (Lipinski definition) is 4. The second-order valence-corrected chi connectivity index (χ2v) is 8.03. The van der Waals surface area contributed by atoms with E-state index in [0.717, 1.165) is 0 Å². The summed E-state index contributed by atoms with van der Waals surface area (Å²) in [5.41, 5.74) is 11.5. The Bertz CT molecular complexity index is 1320. The van der Waals surface area contributed by atoms with Crippen LogP contribution in [0, 0.1) is 0 Å². The highest BCUT2D eigenvalue weighted by Crippen LogP contribution is 2.48. The minimum absolute atomic E-state index is 0.0332. The van der Waals surface area contributed by atoms with E-state index in [1.165, 1.54) is 25.2 Å². The molecular formula is C22H25N9O5. The lowest BCUT2D eigenvalue weighted by Crippen LogP contribution is -2.30. The summed E-state index contributed by atoms with van der Waals surface area (Å²) >= 11 is 0. The fourth-order valence-corrected chi connectivity index (χ4v) is 3.70. The van der Waals surface area contributed by atoms with Gasteiger partial charge in [-0.1, -0.05) is 6.07 Å². The molecule has 0 saturated heterocycles. The van der Waals surface area contributed by atoms with E-state index < -0.39 is 23.3 Å². The van der Waals surface area contributed by atoms with Gasteiger partial charge in [0.2, 0.25) is 5.91 Å². The van der Waals surface area contributed by atoms with Gasteiger partial charge in [0.05, 0.1) is 41.7 Å². The number of anilines is 2. The van der Waals surface area contributed by atoms with Gasteiger partial charge in [-0.05, 0) is 31.0 Å². The van der Waals surface area contributed by atoms with Gasteiger partial charge in [0.25, 0.3) is 5.91 Å². The second-order valence-electron chi connectivity index (χ2n) is 8.03. The number of carbonyl (C=O) groups excluding carboxylic acids is 3. The molecule has 188 valence electrons. The van der Waals surface area contributed by atoms with Crippen LogP contribution >= 0.6 is 0 Å². The number of rotatable bonds is 10. The largest absolute Gasteiger partial charge is 0.494 e. The quantitative estimate of drug-likeness (QED) is 0.306. The van der Waals surface area contributed by atoms with E-state index in [1.807, 2.05) is 0 Å². The number of amides is 3. The predicted octanol–water partition coefficient (Wildman–Crippen LogP) is 0.459. The van der Waals surface area contributed by atoms with Gasteiger partial charge in [-0.2, -0.15) is 10.2 Å². The van der Waals surface area contributed by atoms with Crippen molar-refractivity contribution in [3.05, 3.63) is 42.0 Å². The van der Waals surface area contributed by atoms with Crippen molar-refractivity contribution < 1.29 is 23.9 Å². The summed E-state index contributed by atoms with van der Waals surface area (Å²) in [7, 11) is 2.97. The Morgan fingerprint density at radius 2 is 1.94 bits per heavy atom. The molecule has 0 spiro atoms. The number of hydrogen-bond acceptors (Lipinski definition) is 10.